The molecule has 0 atom stereocenters. The van der Waals surface area contributed by atoms with E-state index in [4.69, 9.17) is 0 Å². The molecule has 15 heavy (non-hydrogen) atoms. The predicted molar refractivity (Wildman–Crippen MR) is 61.6 cm³/mol. The van der Waals surface area contributed by atoms with E-state index in [1.807, 2.05) is 18.3 Å². The first kappa shape index (κ1) is 9.84. The Morgan fingerprint density at radius 1 is 1.07 bits per heavy atom. The van der Waals surface area contributed by atoms with Crippen LogP contribution in [0.15, 0.2) is 36.8 Å². The number of rotatable bonds is 2. The van der Waals surface area contributed by atoms with E-state index in [-0.39, 0.29) is 0 Å². The van der Waals surface area contributed by atoms with E-state index in [2.05, 4.69) is 29.9 Å². The Morgan fingerprint density at radius 3 is 2.47 bits per heavy atom. The van der Waals surface area contributed by atoms with Gasteiger partial charge < -0.3 is 0 Å². The van der Waals surface area contributed by atoms with Crippen molar-refractivity contribution in [2.75, 3.05) is 0 Å². The van der Waals surface area contributed by atoms with Crippen molar-refractivity contribution < 1.29 is 0 Å². The van der Waals surface area contributed by atoms with Crippen LogP contribution in [0.5, 0.6) is 0 Å². The van der Waals surface area contributed by atoms with Crippen LogP contribution < -0.4 is 0 Å². The molecule has 2 nitrogen and oxygen atoms in total. The van der Waals surface area contributed by atoms with E-state index >= 15 is 0 Å². The van der Waals surface area contributed by atoms with Gasteiger partial charge in [0, 0.05) is 24.2 Å². The zero-order valence-corrected chi connectivity index (χ0v) is 9.07. The number of hydrogen-bond acceptors (Lipinski definition) is 2. The van der Waals surface area contributed by atoms with Gasteiger partial charge in [-0.2, -0.15) is 0 Å². The van der Waals surface area contributed by atoms with Crippen molar-refractivity contribution in [1.29, 1.82) is 0 Å². The van der Waals surface area contributed by atoms with Gasteiger partial charge in [-0.15, -0.1) is 0 Å². The summed E-state index contributed by atoms with van der Waals surface area (Å²) in [5.41, 5.74) is 4.83. The van der Waals surface area contributed by atoms with Crippen molar-refractivity contribution in [3.63, 3.8) is 0 Å². The third-order valence-corrected chi connectivity index (χ3v) is 2.65. The Morgan fingerprint density at radius 2 is 1.80 bits per heavy atom. The molecular weight excluding hydrogens is 184 g/mol. The highest BCUT2D eigenvalue weighted by molar-refractivity contribution is 5.63. The quantitative estimate of drug-likeness (QED) is 0.741. The maximum Gasteiger partial charge on any atom is 0.0734 e. The molecule has 2 aromatic rings. The molecule has 0 radical (unpaired) electrons. The Bertz CT molecular complexity index is 449. The van der Waals surface area contributed by atoms with E-state index in [1.165, 1.54) is 11.1 Å². The minimum Gasteiger partial charge on any atom is -0.265 e. The number of nitrogens with zero attached hydrogens (tertiary/aromatic N) is 2. The Kier molecular flexibility index (Phi) is 2.77. The van der Waals surface area contributed by atoms with Crippen LogP contribution in [0.1, 0.15) is 18.1 Å². The molecular formula is C13H14N2. The minimum absolute atomic E-state index is 1.05. The molecule has 76 valence electrons. The van der Waals surface area contributed by atoms with E-state index in [0.717, 1.165) is 17.7 Å². The molecule has 0 saturated heterocycles. The van der Waals surface area contributed by atoms with Crippen LogP contribution in [0.3, 0.4) is 0 Å². The summed E-state index contributed by atoms with van der Waals surface area (Å²) in [6.45, 7) is 4.29. The summed E-state index contributed by atoms with van der Waals surface area (Å²) in [5.74, 6) is 0. The Labute approximate surface area is 90.0 Å². The lowest BCUT2D eigenvalue weighted by molar-refractivity contribution is 1.08. The molecule has 0 unspecified atom stereocenters. The van der Waals surface area contributed by atoms with Crippen molar-refractivity contribution in [1.82, 2.24) is 9.97 Å². The van der Waals surface area contributed by atoms with Crippen molar-refractivity contribution in [2.45, 2.75) is 20.3 Å². The normalized spacial score (nSPS) is 10.3. The first-order chi connectivity index (χ1) is 7.33. The number of aromatic nitrogens is 2. The Hall–Kier alpha value is -1.70. The fourth-order valence-corrected chi connectivity index (χ4v) is 1.76. The highest BCUT2D eigenvalue weighted by Gasteiger charge is 2.05. The van der Waals surface area contributed by atoms with Gasteiger partial charge in [0.2, 0.25) is 0 Å². The Balaban J connectivity index is 2.54. The number of pyridine rings is 2. The lowest BCUT2D eigenvalue weighted by atomic mass is 10.0. The first-order valence-electron chi connectivity index (χ1n) is 5.17. The molecule has 0 bridgehead atoms. The molecule has 0 spiro atoms. The molecule has 0 aromatic carbocycles. The molecule has 0 fully saturated rings. The second-order valence-electron chi connectivity index (χ2n) is 3.53. The van der Waals surface area contributed by atoms with Gasteiger partial charge in [0.15, 0.2) is 0 Å². The van der Waals surface area contributed by atoms with Crippen molar-refractivity contribution in [3.8, 4) is 11.3 Å². The summed E-state index contributed by atoms with van der Waals surface area (Å²) in [6.07, 6.45) is 6.53. The summed E-state index contributed by atoms with van der Waals surface area (Å²) < 4.78 is 0. The second-order valence-corrected chi connectivity index (χ2v) is 3.53. The van der Waals surface area contributed by atoms with Gasteiger partial charge in [-0.3, -0.25) is 9.97 Å². The van der Waals surface area contributed by atoms with Crippen molar-refractivity contribution in [3.05, 3.63) is 47.9 Å². The smallest absolute Gasteiger partial charge is 0.0734 e. The van der Waals surface area contributed by atoms with E-state index in [0.29, 0.717) is 0 Å². The molecule has 0 saturated carbocycles. The van der Waals surface area contributed by atoms with Crippen LogP contribution in [0.2, 0.25) is 0 Å². The minimum atomic E-state index is 1.05. The monoisotopic (exact) mass is 198 g/mol. The van der Waals surface area contributed by atoms with E-state index < -0.39 is 0 Å². The molecule has 2 aromatic heterocycles. The molecule has 0 aliphatic rings. The molecule has 0 aliphatic carbocycles. The van der Waals surface area contributed by atoms with Gasteiger partial charge >= 0.3 is 0 Å². The van der Waals surface area contributed by atoms with Crippen LogP contribution in [0.4, 0.5) is 0 Å². The molecule has 2 heterocycles. The molecule has 0 N–H and O–H groups in total. The average molecular weight is 198 g/mol. The maximum absolute atomic E-state index is 4.43. The van der Waals surface area contributed by atoms with Crippen LogP contribution in [0.25, 0.3) is 11.3 Å². The number of aryl methyl sites for hydroxylation is 1. The fourth-order valence-electron chi connectivity index (χ4n) is 1.76. The molecule has 2 heteroatoms. The topological polar surface area (TPSA) is 25.8 Å². The van der Waals surface area contributed by atoms with Gasteiger partial charge in [0.05, 0.1) is 5.69 Å². The lowest BCUT2D eigenvalue weighted by Crippen LogP contribution is -1.93. The highest BCUT2D eigenvalue weighted by atomic mass is 14.7. The van der Waals surface area contributed by atoms with Gasteiger partial charge in [0.1, 0.15) is 0 Å². The van der Waals surface area contributed by atoms with Gasteiger partial charge in [-0.1, -0.05) is 6.92 Å². The molecule has 0 aliphatic heterocycles. The summed E-state index contributed by atoms with van der Waals surface area (Å²) >= 11 is 0. The standard InChI is InChI=1S/C13H14N2/c1-3-11-6-9-15-13(10(11)2)12-4-7-14-8-5-12/h4-9H,3H2,1-2H3. The van der Waals surface area contributed by atoms with Gasteiger partial charge in [0.25, 0.3) is 0 Å². The molecule has 0 amide bonds. The van der Waals surface area contributed by atoms with E-state index in [1.54, 1.807) is 12.4 Å². The highest BCUT2D eigenvalue weighted by Crippen LogP contribution is 2.22. The summed E-state index contributed by atoms with van der Waals surface area (Å²) in [4.78, 5) is 8.44. The maximum atomic E-state index is 4.43. The predicted octanol–water partition coefficient (Wildman–Crippen LogP) is 3.01. The second kappa shape index (κ2) is 4.22. The third kappa shape index (κ3) is 1.89. The van der Waals surface area contributed by atoms with Gasteiger partial charge in [-0.05, 0) is 42.7 Å². The zero-order chi connectivity index (χ0) is 10.7. The van der Waals surface area contributed by atoms with Crippen LogP contribution in [-0.4, -0.2) is 9.97 Å². The third-order valence-electron chi connectivity index (χ3n) is 2.65. The van der Waals surface area contributed by atoms with Gasteiger partial charge in [-0.25, -0.2) is 0 Å². The summed E-state index contributed by atoms with van der Waals surface area (Å²) in [6, 6.07) is 6.07. The van der Waals surface area contributed by atoms with Crippen LogP contribution in [0, 0.1) is 6.92 Å². The van der Waals surface area contributed by atoms with Crippen LogP contribution >= 0.6 is 0 Å². The first-order valence-corrected chi connectivity index (χ1v) is 5.17. The largest absolute Gasteiger partial charge is 0.265 e. The SMILES string of the molecule is CCc1ccnc(-c2ccncc2)c1C. The molecule has 2 rings (SSSR count). The zero-order valence-electron chi connectivity index (χ0n) is 9.07. The summed E-state index contributed by atoms with van der Waals surface area (Å²) in [7, 11) is 0. The average Bonchev–Trinajstić information content (AvgIpc) is 2.30. The lowest BCUT2D eigenvalue weighted by Gasteiger charge is -2.08. The summed E-state index contributed by atoms with van der Waals surface area (Å²) in [5, 5.41) is 0. The number of hydrogen-bond donors (Lipinski definition) is 0. The van der Waals surface area contributed by atoms with Crippen molar-refractivity contribution >= 4 is 0 Å². The fraction of sp³-hybridized carbons (Fsp3) is 0.231. The van der Waals surface area contributed by atoms with E-state index in [9.17, 15) is 0 Å². The van der Waals surface area contributed by atoms with Crippen LogP contribution in [-0.2, 0) is 6.42 Å². The van der Waals surface area contributed by atoms with Crippen molar-refractivity contribution in [2.24, 2.45) is 0 Å².